The molecule has 0 fully saturated rings. The predicted molar refractivity (Wildman–Crippen MR) is 159 cm³/mol. The van der Waals surface area contributed by atoms with E-state index in [9.17, 15) is 0 Å². The molecule has 2 heteroatoms. The summed E-state index contributed by atoms with van der Waals surface area (Å²) in [4.78, 5) is 0. The second kappa shape index (κ2) is 18.4. The number of benzene rings is 1. The molecule has 0 bridgehead atoms. The second-order valence-corrected chi connectivity index (χ2v) is 10.9. The van der Waals surface area contributed by atoms with Gasteiger partial charge in [0.15, 0.2) is 0 Å². The Hall–Kier alpha value is -1.80. The molecule has 0 heterocycles. The van der Waals surface area contributed by atoms with Crippen LogP contribution in [0, 0.1) is 5.92 Å². The summed E-state index contributed by atoms with van der Waals surface area (Å²) in [5.41, 5.74) is 4.52. The summed E-state index contributed by atoms with van der Waals surface area (Å²) < 4.78 is 13.1. The Morgan fingerprint density at radius 1 is 0.889 bits per heavy atom. The molecule has 1 aromatic carbocycles. The van der Waals surface area contributed by atoms with Crippen LogP contribution < -0.4 is 0 Å². The largest absolute Gasteiger partial charge is 0.493 e. The van der Waals surface area contributed by atoms with Gasteiger partial charge in [-0.25, -0.2) is 0 Å². The fraction of sp³-hybridized carbons (Fsp3) is 0.647. The number of unbranched alkanes of at least 4 members (excludes halogenated alkanes) is 7. The van der Waals surface area contributed by atoms with Crippen molar-refractivity contribution in [3.8, 4) is 0 Å². The lowest BCUT2D eigenvalue weighted by Crippen LogP contribution is -2.24. The van der Waals surface area contributed by atoms with Crippen molar-refractivity contribution in [2.75, 3.05) is 13.2 Å². The van der Waals surface area contributed by atoms with Crippen molar-refractivity contribution in [2.24, 2.45) is 5.92 Å². The molecular weight excluding hydrogens is 440 g/mol. The molecule has 0 amide bonds. The predicted octanol–water partition coefficient (Wildman–Crippen LogP) is 10.8. The zero-order valence-corrected chi connectivity index (χ0v) is 24.8. The first-order valence-corrected chi connectivity index (χ1v) is 14.7. The summed E-state index contributed by atoms with van der Waals surface area (Å²) in [5.74, 6) is 1.51. The molecule has 0 unspecified atom stereocenters. The maximum absolute atomic E-state index is 6.61. The first kappa shape index (κ1) is 32.2. The van der Waals surface area contributed by atoms with Gasteiger partial charge in [-0.1, -0.05) is 128 Å². The highest BCUT2D eigenvalue weighted by Crippen LogP contribution is 2.35. The fourth-order valence-corrected chi connectivity index (χ4v) is 4.33. The molecule has 0 aromatic heterocycles. The van der Waals surface area contributed by atoms with Crippen LogP contribution in [0.2, 0.25) is 0 Å². The third-order valence-corrected chi connectivity index (χ3v) is 6.96. The average molecular weight is 497 g/mol. The highest BCUT2D eigenvalue weighted by atomic mass is 16.5. The van der Waals surface area contributed by atoms with Crippen molar-refractivity contribution in [1.82, 2.24) is 0 Å². The first-order chi connectivity index (χ1) is 17.3. The zero-order valence-electron chi connectivity index (χ0n) is 24.8. The number of ether oxygens (including phenoxy) is 2. The minimum absolute atomic E-state index is 0.376. The van der Waals surface area contributed by atoms with Crippen LogP contribution in [0.15, 0.2) is 54.1 Å². The topological polar surface area (TPSA) is 18.5 Å². The Morgan fingerprint density at radius 2 is 1.50 bits per heavy atom. The van der Waals surface area contributed by atoms with E-state index in [0.717, 1.165) is 44.7 Å². The SMILES string of the molecule is C=C(/C=C\C/C(CC)=C(\OCCCCCC)c1ccccc1C(C)(C)OCCCCCCC)C(C)C. The van der Waals surface area contributed by atoms with Crippen molar-refractivity contribution in [3.63, 3.8) is 0 Å². The Balaban J connectivity index is 3.21. The first-order valence-electron chi connectivity index (χ1n) is 14.7. The van der Waals surface area contributed by atoms with Gasteiger partial charge in [0.1, 0.15) is 5.76 Å². The normalized spacial score (nSPS) is 12.9. The summed E-state index contributed by atoms with van der Waals surface area (Å²) >= 11 is 0. The van der Waals surface area contributed by atoms with E-state index in [2.05, 4.69) is 91.5 Å². The lowest BCUT2D eigenvalue weighted by Gasteiger charge is -2.30. The molecule has 1 aromatic rings. The lowest BCUT2D eigenvalue weighted by molar-refractivity contribution is -0.0238. The van der Waals surface area contributed by atoms with E-state index >= 15 is 0 Å². The van der Waals surface area contributed by atoms with Gasteiger partial charge in [-0.3, -0.25) is 0 Å². The summed E-state index contributed by atoms with van der Waals surface area (Å²) in [6.45, 7) is 21.3. The summed E-state index contributed by atoms with van der Waals surface area (Å²) in [6.07, 6.45) is 17.3. The fourth-order valence-electron chi connectivity index (χ4n) is 4.33. The van der Waals surface area contributed by atoms with Crippen LogP contribution in [-0.4, -0.2) is 13.2 Å². The van der Waals surface area contributed by atoms with Gasteiger partial charge in [-0.15, -0.1) is 0 Å². The molecule has 36 heavy (non-hydrogen) atoms. The van der Waals surface area contributed by atoms with Crippen molar-refractivity contribution < 1.29 is 9.47 Å². The quantitative estimate of drug-likeness (QED) is 0.101. The molecule has 0 aliphatic heterocycles. The molecule has 0 aliphatic carbocycles. The van der Waals surface area contributed by atoms with Crippen molar-refractivity contribution in [1.29, 1.82) is 0 Å². The minimum Gasteiger partial charge on any atom is -0.493 e. The van der Waals surface area contributed by atoms with E-state index in [0.29, 0.717) is 5.92 Å². The zero-order chi connectivity index (χ0) is 26.8. The van der Waals surface area contributed by atoms with E-state index in [1.165, 1.54) is 67.2 Å². The van der Waals surface area contributed by atoms with Gasteiger partial charge in [-0.05, 0) is 56.6 Å². The maximum atomic E-state index is 6.61. The smallest absolute Gasteiger partial charge is 0.126 e. The van der Waals surface area contributed by atoms with E-state index in [-0.39, 0.29) is 5.60 Å². The molecule has 204 valence electrons. The van der Waals surface area contributed by atoms with Gasteiger partial charge in [0.05, 0.1) is 12.2 Å². The van der Waals surface area contributed by atoms with Crippen LogP contribution in [0.3, 0.4) is 0 Å². The minimum atomic E-state index is -0.376. The van der Waals surface area contributed by atoms with Gasteiger partial charge in [0.2, 0.25) is 0 Å². The molecule has 0 N–H and O–H groups in total. The van der Waals surface area contributed by atoms with Crippen molar-refractivity contribution >= 4 is 5.76 Å². The van der Waals surface area contributed by atoms with Crippen LogP contribution >= 0.6 is 0 Å². The monoisotopic (exact) mass is 496 g/mol. The number of hydrogen-bond donors (Lipinski definition) is 0. The van der Waals surface area contributed by atoms with E-state index in [1.54, 1.807) is 0 Å². The van der Waals surface area contributed by atoms with Crippen LogP contribution in [0.25, 0.3) is 5.76 Å². The molecule has 0 spiro atoms. The summed E-state index contributed by atoms with van der Waals surface area (Å²) in [7, 11) is 0. The van der Waals surface area contributed by atoms with Crippen LogP contribution in [0.1, 0.15) is 130 Å². The number of rotatable bonds is 20. The third-order valence-electron chi connectivity index (χ3n) is 6.96. The molecular formula is C34H56O2. The van der Waals surface area contributed by atoms with Gasteiger partial charge < -0.3 is 9.47 Å². The second-order valence-electron chi connectivity index (χ2n) is 10.9. The Kier molecular flexibility index (Phi) is 16.5. The highest BCUT2D eigenvalue weighted by Gasteiger charge is 2.26. The van der Waals surface area contributed by atoms with Crippen LogP contribution in [0.4, 0.5) is 0 Å². The highest BCUT2D eigenvalue weighted by molar-refractivity contribution is 5.67. The molecule has 2 nitrogen and oxygen atoms in total. The van der Waals surface area contributed by atoms with E-state index < -0.39 is 0 Å². The summed E-state index contributed by atoms with van der Waals surface area (Å²) in [6, 6.07) is 8.69. The average Bonchev–Trinajstić information content (AvgIpc) is 2.86. The van der Waals surface area contributed by atoms with Crippen molar-refractivity contribution in [3.05, 3.63) is 65.3 Å². The van der Waals surface area contributed by atoms with Crippen molar-refractivity contribution in [2.45, 2.75) is 125 Å². The van der Waals surface area contributed by atoms with Crippen LogP contribution in [-0.2, 0) is 15.1 Å². The lowest BCUT2D eigenvalue weighted by atomic mass is 9.89. The molecule has 1 rings (SSSR count). The number of allylic oxidation sites excluding steroid dienone is 4. The Morgan fingerprint density at radius 3 is 2.14 bits per heavy atom. The molecule has 0 aliphatic rings. The molecule has 0 atom stereocenters. The molecule has 0 saturated carbocycles. The Bertz CT molecular complexity index is 797. The summed E-state index contributed by atoms with van der Waals surface area (Å²) in [5, 5.41) is 0. The van der Waals surface area contributed by atoms with E-state index in [1.807, 2.05) is 0 Å². The van der Waals surface area contributed by atoms with Gasteiger partial charge in [-0.2, -0.15) is 0 Å². The maximum Gasteiger partial charge on any atom is 0.126 e. The Labute approximate surface area is 224 Å². The number of hydrogen-bond acceptors (Lipinski definition) is 2. The standard InChI is InChI=1S/C34H56O2/c1-9-12-14-16-20-27-36-34(7,8)32-25-18-17-24-31(32)33(35-26-19-15-13-10-2)30(11-3)23-21-22-29(6)28(4)5/h17-18,21-22,24-25,28H,6,9-16,19-20,23,26-27H2,1-5,7-8H3/b22-21-,33-30-. The molecule has 0 saturated heterocycles. The van der Waals surface area contributed by atoms with E-state index in [4.69, 9.17) is 9.47 Å². The van der Waals surface area contributed by atoms with Crippen LogP contribution in [0.5, 0.6) is 0 Å². The van der Waals surface area contributed by atoms with Gasteiger partial charge >= 0.3 is 0 Å². The third kappa shape index (κ3) is 12.0. The van der Waals surface area contributed by atoms with Gasteiger partial charge in [0.25, 0.3) is 0 Å². The molecule has 0 radical (unpaired) electrons. The van der Waals surface area contributed by atoms with Gasteiger partial charge in [0, 0.05) is 12.2 Å².